The molecule has 0 radical (unpaired) electrons. The first kappa shape index (κ1) is 21.2. The van der Waals surface area contributed by atoms with Gasteiger partial charge in [-0.15, -0.1) is 0 Å². The van der Waals surface area contributed by atoms with E-state index in [4.69, 9.17) is 4.74 Å². The van der Waals surface area contributed by atoms with Crippen LogP contribution in [0.2, 0.25) is 0 Å². The van der Waals surface area contributed by atoms with Crippen molar-refractivity contribution < 1.29 is 31.1 Å². The van der Waals surface area contributed by atoms with E-state index in [1.54, 1.807) is 14.1 Å². The van der Waals surface area contributed by atoms with Gasteiger partial charge < -0.3 is 14.5 Å². The Morgan fingerprint density at radius 1 is 1.00 bits per heavy atom. The Balaban J connectivity index is 1.86. The molecule has 0 spiro atoms. The lowest BCUT2D eigenvalue weighted by Gasteiger charge is -2.34. The van der Waals surface area contributed by atoms with Gasteiger partial charge in [0.25, 0.3) is 0 Å². The molecule has 1 atom stereocenters. The number of morpholine rings is 1. The molecule has 1 saturated heterocycles. The summed E-state index contributed by atoms with van der Waals surface area (Å²) in [4.78, 5) is 10.8. The molecule has 1 fully saturated rings. The Kier molecular flexibility index (Phi) is 5.61. The minimum atomic E-state index is -4.64. The van der Waals surface area contributed by atoms with Crippen LogP contribution in [0.1, 0.15) is 22.9 Å². The third kappa shape index (κ3) is 4.89. The first-order chi connectivity index (χ1) is 13.4. The molecule has 158 valence electrons. The van der Waals surface area contributed by atoms with Crippen LogP contribution < -0.4 is 9.80 Å². The monoisotopic (exact) mass is 420 g/mol. The third-order valence-corrected chi connectivity index (χ3v) is 4.41. The van der Waals surface area contributed by atoms with Gasteiger partial charge in [0.1, 0.15) is 11.9 Å². The fraction of sp³-hybridized carbons (Fsp3) is 0.444. The molecule has 0 N–H and O–H groups in total. The molecule has 0 aliphatic carbocycles. The summed E-state index contributed by atoms with van der Waals surface area (Å²) in [6, 6.07) is 5.35. The van der Waals surface area contributed by atoms with Crippen molar-refractivity contribution in [1.29, 1.82) is 0 Å². The minimum absolute atomic E-state index is 0.0971. The Hall–Kier alpha value is -2.56. The smallest absolute Gasteiger partial charge is 0.370 e. The van der Waals surface area contributed by atoms with E-state index in [2.05, 4.69) is 9.97 Å². The van der Waals surface area contributed by atoms with E-state index in [0.29, 0.717) is 5.56 Å². The number of aromatic nitrogens is 2. The van der Waals surface area contributed by atoms with Crippen molar-refractivity contribution in [2.24, 2.45) is 0 Å². The Morgan fingerprint density at radius 2 is 1.66 bits per heavy atom. The number of anilines is 2. The van der Waals surface area contributed by atoms with E-state index >= 15 is 0 Å². The van der Waals surface area contributed by atoms with Crippen LogP contribution in [0, 0.1) is 0 Å². The average Bonchev–Trinajstić information content (AvgIpc) is 2.66. The number of ether oxygens (including phenoxy) is 1. The molecule has 0 saturated carbocycles. The van der Waals surface area contributed by atoms with Crippen LogP contribution in [-0.4, -0.2) is 43.8 Å². The number of alkyl halides is 6. The molecule has 2 aromatic rings. The molecular weight excluding hydrogens is 402 g/mol. The highest BCUT2D eigenvalue weighted by atomic mass is 19.4. The molecule has 3 rings (SSSR count). The van der Waals surface area contributed by atoms with E-state index in [9.17, 15) is 26.3 Å². The molecule has 2 heterocycles. The van der Waals surface area contributed by atoms with Gasteiger partial charge in [-0.3, -0.25) is 0 Å². The molecule has 1 aliphatic heterocycles. The van der Waals surface area contributed by atoms with Gasteiger partial charge >= 0.3 is 12.4 Å². The molecular formula is C18H18F6N4O. The second-order valence-corrected chi connectivity index (χ2v) is 6.73. The van der Waals surface area contributed by atoms with Crippen LogP contribution in [0.25, 0.3) is 0 Å². The Bertz CT molecular complexity index is 851. The van der Waals surface area contributed by atoms with Gasteiger partial charge in [0.15, 0.2) is 5.69 Å². The second kappa shape index (κ2) is 7.69. The highest BCUT2D eigenvalue weighted by Crippen LogP contribution is 2.33. The largest absolute Gasteiger partial charge is 0.433 e. The Labute approximate surface area is 162 Å². The summed E-state index contributed by atoms with van der Waals surface area (Å²) in [5.41, 5.74) is -1.36. The number of halogens is 6. The van der Waals surface area contributed by atoms with Crippen LogP contribution in [0.3, 0.4) is 0 Å². The van der Waals surface area contributed by atoms with E-state index in [1.165, 1.54) is 21.9 Å². The first-order valence-electron chi connectivity index (χ1n) is 8.62. The summed E-state index contributed by atoms with van der Waals surface area (Å²) >= 11 is 0. The standard InChI is InChI=1S/C18H18F6N4O/c1-27(2)15-9-14(18(22,23)24)25-16(26-15)28-7-8-29-13(10-28)11-3-5-12(6-4-11)17(19,20)21/h3-6,9,13H,7-8,10H2,1-2H3. The lowest BCUT2D eigenvalue weighted by molar-refractivity contribution is -0.141. The maximum atomic E-state index is 13.2. The molecule has 29 heavy (non-hydrogen) atoms. The van der Waals surface area contributed by atoms with Crippen LogP contribution in [0.5, 0.6) is 0 Å². The number of rotatable bonds is 3. The van der Waals surface area contributed by atoms with Crippen molar-refractivity contribution in [2.45, 2.75) is 18.5 Å². The molecule has 0 bridgehead atoms. The number of benzene rings is 1. The van der Waals surface area contributed by atoms with Gasteiger partial charge in [0, 0.05) is 26.7 Å². The summed E-state index contributed by atoms with van der Waals surface area (Å²) in [7, 11) is 3.13. The van der Waals surface area contributed by atoms with Crippen molar-refractivity contribution in [3.05, 3.63) is 47.2 Å². The zero-order valence-corrected chi connectivity index (χ0v) is 15.6. The van der Waals surface area contributed by atoms with Gasteiger partial charge in [0.2, 0.25) is 5.95 Å². The molecule has 1 aromatic heterocycles. The van der Waals surface area contributed by atoms with Crippen molar-refractivity contribution >= 4 is 11.8 Å². The average molecular weight is 420 g/mol. The van der Waals surface area contributed by atoms with Crippen LogP contribution >= 0.6 is 0 Å². The van der Waals surface area contributed by atoms with Crippen LogP contribution in [0.4, 0.5) is 38.1 Å². The maximum Gasteiger partial charge on any atom is 0.433 e. The van der Waals surface area contributed by atoms with Crippen molar-refractivity contribution in [1.82, 2.24) is 9.97 Å². The lowest BCUT2D eigenvalue weighted by atomic mass is 10.1. The number of hydrogen-bond donors (Lipinski definition) is 0. The summed E-state index contributed by atoms with van der Waals surface area (Å²) in [5, 5.41) is 0. The maximum absolute atomic E-state index is 13.2. The second-order valence-electron chi connectivity index (χ2n) is 6.73. The van der Waals surface area contributed by atoms with Crippen LogP contribution in [-0.2, 0) is 17.1 Å². The quantitative estimate of drug-likeness (QED) is 0.698. The van der Waals surface area contributed by atoms with Crippen LogP contribution in [0.15, 0.2) is 30.3 Å². The van der Waals surface area contributed by atoms with Gasteiger partial charge in [-0.2, -0.15) is 31.3 Å². The van der Waals surface area contributed by atoms with Gasteiger partial charge in [-0.25, -0.2) is 4.98 Å². The van der Waals surface area contributed by atoms with E-state index in [-0.39, 0.29) is 31.5 Å². The summed E-state index contributed by atoms with van der Waals surface area (Å²) in [5.74, 6) is -0.0105. The van der Waals surface area contributed by atoms with Gasteiger partial charge in [-0.1, -0.05) is 12.1 Å². The molecule has 1 unspecified atom stereocenters. The fourth-order valence-corrected chi connectivity index (χ4v) is 2.86. The van der Waals surface area contributed by atoms with E-state index in [1.807, 2.05) is 0 Å². The molecule has 11 heteroatoms. The van der Waals surface area contributed by atoms with E-state index in [0.717, 1.165) is 18.2 Å². The summed E-state index contributed by atoms with van der Waals surface area (Å²) in [6.07, 6.45) is -9.71. The molecule has 0 amide bonds. The predicted octanol–water partition coefficient (Wildman–Crippen LogP) is 4.16. The normalized spacial score (nSPS) is 18.1. The number of hydrogen-bond acceptors (Lipinski definition) is 5. The zero-order chi connectivity index (χ0) is 21.4. The topological polar surface area (TPSA) is 41.5 Å². The summed E-state index contributed by atoms with van der Waals surface area (Å²) in [6.45, 7) is 0.535. The highest BCUT2D eigenvalue weighted by molar-refractivity contribution is 5.46. The Morgan fingerprint density at radius 3 is 2.21 bits per heavy atom. The lowest BCUT2D eigenvalue weighted by Crippen LogP contribution is -2.40. The molecule has 1 aromatic carbocycles. The van der Waals surface area contributed by atoms with Gasteiger partial charge in [-0.05, 0) is 17.7 Å². The summed E-state index contributed by atoms with van der Waals surface area (Å²) < 4.78 is 83.4. The van der Waals surface area contributed by atoms with Crippen molar-refractivity contribution in [3.8, 4) is 0 Å². The van der Waals surface area contributed by atoms with Crippen molar-refractivity contribution in [3.63, 3.8) is 0 Å². The fourth-order valence-electron chi connectivity index (χ4n) is 2.86. The zero-order valence-electron chi connectivity index (χ0n) is 15.6. The third-order valence-electron chi connectivity index (χ3n) is 4.41. The van der Waals surface area contributed by atoms with Crippen molar-refractivity contribution in [2.75, 3.05) is 43.6 Å². The van der Waals surface area contributed by atoms with Gasteiger partial charge in [0.05, 0.1) is 18.7 Å². The molecule has 5 nitrogen and oxygen atoms in total. The first-order valence-corrected chi connectivity index (χ1v) is 8.62. The van der Waals surface area contributed by atoms with E-state index < -0.39 is 29.7 Å². The highest BCUT2D eigenvalue weighted by Gasteiger charge is 2.35. The SMILES string of the molecule is CN(C)c1cc(C(F)(F)F)nc(N2CCOC(c3ccc(C(F)(F)F)cc3)C2)n1. The predicted molar refractivity (Wildman–Crippen MR) is 93.7 cm³/mol. The molecule has 1 aliphatic rings. The minimum Gasteiger partial charge on any atom is -0.370 e. The number of nitrogens with zero attached hydrogens (tertiary/aromatic N) is 4.